The molecule has 148 valence electrons. The minimum absolute atomic E-state index is 0.0581. The number of halogens is 3. The number of carbonyl (C=O) groups is 1. The zero-order chi connectivity index (χ0) is 20.4. The molecule has 0 spiro atoms. The Bertz CT molecular complexity index is 1040. The Kier molecular flexibility index (Phi) is 4.98. The fraction of sp³-hybridized carbons (Fsp3) is 0.158. The first kappa shape index (κ1) is 18.7. The standard InChI is InChI=1S/C19H15F3N6O/c20-12-8-11(9-13(21)17(12)22)14-2-3-15-18(26-14)28(7-1-4-24-15)19(29)27-16-10-23-5-6-25-16/h2-3,5-6,8-10,24H,1,4,7H2,(H,25,27,29). The number of benzene rings is 1. The van der Waals surface area contributed by atoms with Crippen molar-refractivity contribution >= 4 is 23.4 Å². The lowest BCUT2D eigenvalue weighted by atomic mass is 10.1. The summed E-state index contributed by atoms with van der Waals surface area (Å²) in [6, 6.07) is 4.45. The highest BCUT2D eigenvalue weighted by molar-refractivity contribution is 6.02. The molecule has 0 aliphatic carbocycles. The Hall–Kier alpha value is -3.69. The summed E-state index contributed by atoms with van der Waals surface area (Å²) in [6.07, 6.45) is 4.99. The SMILES string of the molecule is O=C(Nc1cnccn1)N1CCCNc2ccc(-c3cc(F)c(F)c(F)c3)nc21. The summed E-state index contributed by atoms with van der Waals surface area (Å²) in [6.45, 7) is 0.970. The van der Waals surface area contributed by atoms with Gasteiger partial charge in [0.1, 0.15) is 0 Å². The molecule has 0 radical (unpaired) electrons. The molecule has 3 aromatic rings. The van der Waals surface area contributed by atoms with Crippen molar-refractivity contribution in [2.75, 3.05) is 28.6 Å². The van der Waals surface area contributed by atoms with E-state index in [1.165, 1.54) is 23.5 Å². The Labute approximate surface area is 163 Å². The molecule has 1 aliphatic rings. The molecule has 1 aliphatic heterocycles. The number of fused-ring (bicyclic) bond motifs is 1. The molecule has 0 fully saturated rings. The molecular formula is C19H15F3N6O. The molecule has 2 amide bonds. The maximum atomic E-state index is 13.6. The molecule has 0 saturated heterocycles. The normalized spacial score (nSPS) is 13.3. The highest BCUT2D eigenvalue weighted by atomic mass is 19.2. The lowest BCUT2D eigenvalue weighted by Crippen LogP contribution is -2.36. The first-order chi connectivity index (χ1) is 14.0. The Balaban J connectivity index is 1.71. The maximum absolute atomic E-state index is 13.6. The van der Waals surface area contributed by atoms with E-state index >= 15 is 0 Å². The molecule has 0 atom stereocenters. The monoisotopic (exact) mass is 400 g/mol. The first-order valence-electron chi connectivity index (χ1n) is 8.77. The van der Waals surface area contributed by atoms with Crippen LogP contribution in [-0.4, -0.2) is 34.1 Å². The van der Waals surface area contributed by atoms with Gasteiger partial charge in [-0.25, -0.2) is 27.9 Å². The average molecular weight is 400 g/mol. The Morgan fingerprint density at radius 2 is 1.93 bits per heavy atom. The summed E-state index contributed by atoms with van der Waals surface area (Å²) < 4.78 is 40.5. The molecule has 7 nitrogen and oxygen atoms in total. The van der Waals surface area contributed by atoms with Crippen molar-refractivity contribution < 1.29 is 18.0 Å². The van der Waals surface area contributed by atoms with Crippen molar-refractivity contribution in [1.29, 1.82) is 0 Å². The van der Waals surface area contributed by atoms with E-state index in [1.54, 1.807) is 12.1 Å². The Morgan fingerprint density at radius 1 is 1.14 bits per heavy atom. The third-order valence-electron chi connectivity index (χ3n) is 4.33. The third kappa shape index (κ3) is 3.82. The zero-order valence-electron chi connectivity index (χ0n) is 15.0. The van der Waals surface area contributed by atoms with E-state index in [0.717, 1.165) is 12.1 Å². The van der Waals surface area contributed by atoms with E-state index in [4.69, 9.17) is 0 Å². The lowest BCUT2D eigenvalue weighted by molar-refractivity contribution is 0.256. The van der Waals surface area contributed by atoms with Crippen LogP contribution in [0, 0.1) is 17.5 Å². The van der Waals surface area contributed by atoms with Gasteiger partial charge in [0.2, 0.25) is 0 Å². The van der Waals surface area contributed by atoms with E-state index < -0.39 is 23.5 Å². The lowest BCUT2D eigenvalue weighted by Gasteiger charge is -2.22. The number of pyridine rings is 1. The van der Waals surface area contributed by atoms with Gasteiger partial charge in [-0.3, -0.25) is 15.2 Å². The van der Waals surface area contributed by atoms with E-state index in [2.05, 4.69) is 25.6 Å². The van der Waals surface area contributed by atoms with E-state index in [0.29, 0.717) is 25.2 Å². The fourth-order valence-corrected chi connectivity index (χ4v) is 2.96. The van der Waals surface area contributed by atoms with Crippen molar-refractivity contribution in [2.24, 2.45) is 0 Å². The van der Waals surface area contributed by atoms with Crippen LogP contribution in [0.5, 0.6) is 0 Å². The summed E-state index contributed by atoms with van der Waals surface area (Å²) in [7, 11) is 0. The number of urea groups is 1. The number of amides is 2. The number of nitrogens with one attached hydrogen (secondary N) is 2. The number of aromatic nitrogens is 3. The average Bonchev–Trinajstić information content (AvgIpc) is 2.94. The Morgan fingerprint density at radius 3 is 2.66 bits per heavy atom. The van der Waals surface area contributed by atoms with Crippen LogP contribution in [0.3, 0.4) is 0 Å². The van der Waals surface area contributed by atoms with Crippen molar-refractivity contribution in [3.05, 3.63) is 60.3 Å². The molecule has 2 aromatic heterocycles. The molecule has 4 rings (SSSR count). The van der Waals surface area contributed by atoms with Gasteiger partial charge in [0, 0.05) is 31.0 Å². The summed E-state index contributed by atoms with van der Waals surface area (Å²) >= 11 is 0. The van der Waals surface area contributed by atoms with E-state index in [9.17, 15) is 18.0 Å². The molecule has 0 unspecified atom stereocenters. The second-order valence-corrected chi connectivity index (χ2v) is 6.27. The van der Waals surface area contributed by atoms with Gasteiger partial charge < -0.3 is 5.32 Å². The smallest absolute Gasteiger partial charge is 0.328 e. The summed E-state index contributed by atoms with van der Waals surface area (Å²) in [5.74, 6) is -3.61. The highest BCUT2D eigenvalue weighted by Crippen LogP contribution is 2.31. The van der Waals surface area contributed by atoms with Crippen LogP contribution in [-0.2, 0) is 0 Å². The summed E-state index contributed by atoms with van der Waals surface area (Å²) in [4.78, 5) is 26.5. The fourth-order valence-electron chi connectivity index (χ4n) is 2.96. The molecule has 0 saturated carbocycles. The number of carbonyl (C=O) groups excluding carboxylic acids is 1. The maximum Gasteiger partial charge on any atom is 0.328 e. The third-order valence-corrected chi connectivity index (χ3v) is 4.33. The van der Waals surface area contributed by atoms with Gasteiger partial charge in [-0.2, -0.15) is 0 Å². The van der Waals surface area contributed by atoms with Crippen LogP contribution in [0.15, 0.2) is 42.9 Å². The number of rotatable bonds is 2. The molecule has 2 N–H and O–H groups in total. The number of nitrogens with zero attached hydrogens (tertiary/aromatic N) is 4. The topological polar surface area (TPSA) is 83.0 Å². The van der Waals surface area contributed by atoms with E-state index in [1.807, 2.05) is 0 Å². The van der Waals surface area contributed by atoms with Gasteiger partial charge in [0.25, 0.3) is 0 Å². The molecule has 29 heavy (non-hydrogen) atoms. The highest BCUT2D eigenvalue weighted by Gasteiger charge is 2.24. The molecular weight excluding hydrogens is 385 g/mol. The van der Waals surface area contributed by atoms with Crippen molar-refractivity contribution in [3.63, 3.8) is 0 Å². The van der Waals surface area contributed by atoms with Gasteiger partial charge in [0.15, 0.2) is 29.1 Å². The largest absolute Gasteiger partial charge is 0.382 e. The quantitative estimate of drug-likeness (QED) is 0.640. The molecule has 10 heteroatoms. The van der Waals surface area contributed by atoms with Crippen LogP contribution < -0.4 is 15.5 Å². The predicted molar refractivity (Wildman–Crippen MR) is 101 cm³/mol. The van der Waals surface area contributed by atoms with E-state index in [-0.39, 0.29) is 22.9 Å². The number of hydrogen-bond acceptors (Lipinski definition) is 5. The van der Waals surface area contributed by atoms with Crippen LogP contribution in [0.25, 0.3) is 11.3 Å². The van der Waals surface area contributed by atoms with Gasteiger partial charge in [-0.15, -0.1) is 0 Å². The summed E-state index contributed by atoms with van der Waals surface area (Å²) in [5.41, 5.74) is 0.842. The minimum Gasteiger partial charge on any atom is -0.382 e. The second-order valence-electron chi connectivity index (χ2n) is 6.27. The van der Waals surface area contributed by atoms with Crippen molar-refractivity contribution in [2.45, 2.75) is 6.42 Å². The van der Waals surface area contributed by atoms with Crippen molar-refractivity contribution in [1.82, 2.24) is 15.0 Å². The van der Waals surface area contributed by atoms with Gasteiger partial charge in [-0.05, 0) is 30.7 Å². The zero-order valence-corrected chi connectivity index (χ0v) is 15.0. The summed E-state index contributed by atoms with van der Waals surface area (Å²) in [5, 5.41) is 5.81. The first-order valence-corrected chi connectivity index (χ1v) is 8.77. The van der Waals surface area contributed by atoms with Gasteiger partial charge in [0.05, 0.1) is 17.6 Å². The van der Waals surface area contributed by atoms with Crippen LogP contribution in [0.4, 0.5) is 35.3 Å². The van der Waals surface area contributed by atoms with Gasteiger partial charge in [-0.1, -0.05) is 0 Å². The van der Waals surface area contributed by atoms with Crippen LogP contribution in [0.2, 0.25) is 0 Å². The number of hydrogen-bond donors (Lipinski definition) is 2. The predicted octanol–water partition coefficient (Wildman–Crippen LogP) is 3.81. The molecule has 1 aromatic carbocycles. The second kappa shape index (κ2) is 7.74. The van der Waals surface area contributed by atoms with Crippen LogP contribution >= 0.6 is 0 Å². The van der Waals surface area contributed by atoms with Gasteiger partial charge >= 0.3 is 6.03 Å². The van der Waals surface area contributed by atoms with Crippen LogP contribution in [0.1, 0.15) is 6.42 Å². The number of anilines is 3. The molecule has 0 bridgehead atoms. The van der Waals surface area contributed by atoms with Crippen molar-refractivity contribution in [3.8, 4) is 11.3 Å². The molecule has 3 heterocycles. The minimum atomic E-state index is -1.55.